The van der Waals surface area contributed by atoms with E-state index in [0.717, 1.165) is 61.8 Å². The molecule has 0 amide bonds. The Hall–Kier alpha value is -2.25. The van der Waals surface area contributed by atoms with E-state index in [0.29, 0.717) is 37.8 Å². The molecule has 0 saturated heterocycles. The van der Waals surface area contributed by atoms with Gasteiger partial charge in [-0.1, -0.05) is 55.5 Å². The Bertz CT molecular complexity index is 949. The lowest BCUT2D eigenvalue weighted by atomic mass is 9.69. The van der Waals surface area contributed by atoms with Gasteiger partial charge in [0.2, 0.25) is 0 Å². The van der Waals surface area contributed by atoms with Gasteiger partial charge in [-0.3, -0.25) is 4.90 Å². The Kier molecular flexibility index (Phi) is 10.1. The number of hydrogen-bond acceptors (Lipinski definition) is 2. The van der Waals surface area contributed by atoms with Gasteiger partial charge in [0, 0.05) is 25.6 Å². The molecule has 0 aliphatic heterocycles. The summed E-state index contributed by atoms with van der Waals surface area (Å²) in [6, 6.07) is 19.0. The number of alkyl halides is 2. The van der Waals surface area contributed by atoms with Gasteiger partial charge in [-0.15, -0.1) is 0 Å². The first-order valence-corrected chi connectivity index (χ1v) is 13.9. The summed E-state index contributed by atoms with van der Waals surface area (Å²) in [5.41, 5.74) is 1.40. The number of hydrogen-bond donors (Lipinski definition) is 0. The van der Waals surface area contributed by atoms with E-state index in [9.17, 15) is 0 Å². The average Bonchev–Trinajstić information content (AvgIpc) is 2.84. The highest BCUT2D eigenvalue weighted by Gasteiger charge is 2.45. The molecule has 2 aliphatic carbocycles. The smallest absolute Gasteiger partial charge is 0.136 e. The van der Waals surface area contributed by atoms with Gasteiger partial charge in [-0.2, -0.15) is 5.26 Å². The maximum Gasteiger partial charge on any atom is 0.136 e. The normalized spacial score (nSPS) is 18.4. The highest BCUT2D eigenvalue weighted by Crippen LogP contribution is 2.51. The van der Waals surface area contributed by atoms with Crippen LogP contribution in [0.15, 0.2) is 48.5 Å². The van der Waals surface area contributed by atoms with E-state index in [1.54, 1.807) is 6.07 Å². The molecule has 0 spiro atoms. The standard InChI is InChI=1S/C30H41F2N.C2H3N/c1-4-25(33(23(2)3)22-17-24-11-6-5-7-12-24)15-16-26-27(29(31)18-9-19-29)13-8-14-28(26)30(32)20-10-21-30;1-2-3/h5-8,11-14,23,25H,4,9-10,15-22H2,1-3H3;1H3. The fraction of sp³-hybridized carbons (Fsp3) is 0.594. The van der Waals surface area contributed by atoms with Crippen molar-refractivity contribution in [2.75, 3.05) is 6.54 Å². The Labute approximate surface area is 217 Å². The lowest BCUT2D eigenvalue weighted by Gasteiger charge is -2.41. The molecule has 0 heterocycles. The number of nitrogens with zero attached hydrogens (tertiary/aromatic N) is 2. The van der Waals surface area contributed by atoms with Gasteiger partial charge in [-0.25, -0.2) is 8.78 Å². The van der Waals surface area contributed by atoms with Gasteiger partial charge in [-0.05, 0) is 100 Å². The van der Waals surface area contributed by atoms with Crippen molar-refractivity contribution in [3.8, 4) is 6.07 Å². The molecule has 4 rings (SSSR count). The quantitative estimate of drug-likeness (QED) is 0.313. The predicted molar refractivity (Wildman–Crippen MR) is 145 cm³/mol. The van der Waals surface area contributed by atoms with Crippen LogP contribution in [0.4, 0.5) is 8.78 Å². The zero-order valence-corrected chi connectivity index (χ0v) is 22.7. The van der Waals surface area contributed by atoms with Crippen LogP contribution < -0.4 is 0 Å². The first-order chi connectivity index (χ1) is 17.3. The summed E-state index contributed by atoms with van der Waals surface area (Å²) in [5, 5.41) is 7.32. The molecule has 0 bridgehead atoms. The molecule has 0 aromatic heterocycles. The molecule has 1 atom stereocenters. The maximum absolute atomic E-state index is 15.7. The zero-order valence-electron chi connectivity index (χ0n) is 22.7. The van der Waals surface area contributed by atoms with Crippen LogP contribution in [0.5, 0.6) is 0 Å². The second-order valence-electron chi connectivity index (χ2n) is 10.9. The molecule has 2 aliphatic rings. The van der Waals surface area contributed by atoms with Crippen LogP contribution in [-0.2, 0) is 24.2 Å². The summed E-state index contributed by atoms with van der Waals surface area (Å²) in [5.74, 6) is 0. The minimum Gasteiger partial charge on any atom is -0.298 e. The van der Waals surface area contributed by atoms with E-state index >= 15 is 8.78 Å². The van der Waals surface area contributed by atoms with Crippen LogP contribution >= 0.6 is 0 Å². The molecule has 0 radical (unpaired) electrons. The van der Waals surface area contributed by atoms with Crippen LogP contribution in [0.3, 0.4) is 0 Å². The molecule has 36 heavy (non-hydrogen) atoms. The number of benzene rings is 2. The lowest BCUT2D eigenvalue weighted by Crippen LogP contribution is -2.42. The van der Waals surface area contributed by atoms with Gasteiger partial charge in [0.15, 0.2) is 0 Å². The summed E-state index contributed by atoms with van der Waals surface area (Å²) in [6.07, 6.45) is 7.95. The van der Waals surface area contributed by atoms with Crippen LogP contribution in [0, 0.1) is 11.3 Å². The minimum atomic E-state index is -1.25. The van der Waals surface area contributed by atoms with Crippen molar-refractivity contribution >= 4 is 0 Å². The third-order valence-electron chi connectivity index (χ3n) is 8.27. The average molecular weight is 495 g/mol. The molecule has 2 nitrogen and oxygen atoms in total. The molecule has 2 saturated carbocycles. The van der Waals surface area contributed by atoms with Crippen molar-refractivity contribution < 1.29 is 8.78 Å². The van der Waals surface area contributed by atoms with Gasteiger partial charge in [0.1, 0.15) is 11.3 Å². The predicted octanol–water partition coefficient (Wildman–Crippen LogP) is 8.58. The van der Waals surface area contributed by atoms with Crippen molar-refractivity contribution in [1.29, 1.82) is 5.26 Å². The van der Waals surface area contributed by atoms with E-state index in [-0.39, 0.29) is 0 Å². The first kappa shape index (κ1) is 28.3. The number of halogens is 2. The number of rotatable bonds is 11. The Morgan fingerprint density at radius 3 is 1.83 bits per heavy atom. The Morgan fingerprint density at radius 2 is 1.42 bits per heavy atom. The highest BCUT2D eigenvalue weighted by molar-refractivity contribution is 5.44. The van der Waals surface area contributed by atoms with Gasteiger partial charge in [0.25, 0.3) is 0 Å². The van der Waals surface area contributed by atoms with Gasteiger partial charge >= 0.3 is 0 Å². The fourth-order valence-electron chi connectivity index (χ4n) is 5.89. The Balaban J connectivity index is 0.00000115. The van der Waals surface area contributed by atoms with Gasteiger partial charge < -0.3 is 0 Å². The maximum atomic E-state index is 15.7. The van der Waals surface area contributed by atoms with Crippen LogP contribution in [0.25, 0.3) is 0 Å². The summed E-state index contributed by atoms with van der Waals surface area (Å²) in [7, 11) is 0. The van der Waals surface area contributed by atoms with E-state index in [1.807, 2.05) is 18.2 Å². The topological polar surface area (TPSA) is 27.0 Å². The zero-order chi connectivity index (χ0) is 26.2. The summed E-state index contributed by atoms with van der Waals surface area (Å²) < 4.78 is 31.3. The van der Waals surface area contributed by atoms with Crippen molar-refractivity contribution in [3.05, 3.63) is 70.8 Å². The SMILES string of the molecule is CC#N.CCC(CCc1c(C2(F)CCC2)cccc1C1(F)CCC1)N(CCc1ccccc1)C(C)C. The third kappa shape index (κ3) is 6.54. The first-order valence-electron chi connectivity index (χ1n) is 13.9. The van der Waals surface area contributed by atoms with Crippen LogP contribution in [0.2, 0.25) is 0 Å². The van der Waals surface area contributed by atoms with E-state index in [1.165, 1.54) is 12.5 Å². The van der Waals surface area contributed by atoms with Gasteiger partial charge in [0.05, 0.1) is 6.07 Å². The Morgan fingerprint density at radius 1 is 0.889 bits per heavy atom. The molecule has 2 aromatic carbocycles. The van der Waals surface area contributed by atoms with Crippen LogP contribution in [0.1, 0.15) is 101 Å². The molecule has 2 fully saturated rings. The molecule has 1 unspecified atom stereocenters. The lowest BCUT2D eigenvalue weighted by molar-refractivity contribution is 0.0510. The van der Waals surface area contributed by atoms with Crippen molar-refractivity contribution in [3.63, 3.8) is 0 Å². The second kappa shape index (κ2) is 12.8. The minimum absolute atomic E-state index is 0.406. The van der Waals surface area contributed by atoms with Crippen molar-refractivity contribution in [2.24, 2.45) is 0 Å². The summed E-state index contributed by atoms with van der Waals surface area (Å²) in [4.78, 5) is 2.60. The molecular weight excluding hydrogens is 450 g/mol. The van der Waals surface area contributed by atoms with Crippen molar-refractivity contribution in [2.45, 2.75) is 115 Å². The monoisotopic (exact) mass is 494 g/mol. The largest absolute Gasteiger partial charge is 0.298 e. The molecule has 2 aromatic rings. The van der Waals surface area contributed by atoms with Crippen molar-refractivity contribution in [1.82, 2.24) is 4.90 Å². The molecule has 4 heteroatoms. The third-order valence-corrected chi connectivity index (χ3v) is 8.27. The van der Waals surface area contributed by atoms with E-state index < -0.39 is 11.3 Å². The number of nitriles is 1. The van der Waals surface area contributed by atoms with E-state index in [4.69, 9.17) is 5.26 Å². The fourth-order valence-corrected chi connectivity index (χ4v) is 5.89. The molecule has 196 valence electrons. The highest BCUT2D eigenvalue weighted by atomic mass is 19.1. The second-order valence-corrected chi connectivity index (χ2v) is 10.9. The molecular formula is C32H44F2N2. The van der Waals surface area contributed by atoms with E-state index in [2.05, 4.69) is 56.0 Å². The van der Waals surface area contributed by atoms with Crippen LogP contribution in [-0.4, -0.2) is 23.5 Å². The summed E-state index contributed by atoms with van der Waals surface area (Å²) in [6.45, 7) is 9.22. The summed E-state index contributed by atoms with van der Waals surface area (Å²) >= 11 is 0. The molecule has 0 N–H and O–H groups in total.